The van der Waals surface area contributed by atoms with Crippen molar-refractivity contribution in [2.45, 2.75) is 0 Å². The third-order valence-corrected chi connectivity index (χ3v) is 2.82. The van der Waals surface area contributed by atoms with E-state index in [0.717, 1.165) is 0 Å². The van der Waals surface area contributed by atoms with E-state index in [1.807, 2.05) is 0 Å². The molecule has 0 atom stereocenters. The van der Waals surface area contributed by atoms with Crippen LogP contribution < -0.4 is 15.8 Å². The number of para-hydroxylation sites is 1. The Balaban J connectivity index is 1.80. The maximum Gasteiger partial charge on any atom is 0.170 e. The standard InChI is InChI=1S/C15H16FN3O2/c16-13-3-1-2-4-14(13)18-9-10-21-12-7-5-11(6-8-12)15(17)19-20/h1-8,18,20H,9-10H2,(H2,17,19). The van der Waals surface area contributed by atoms with Crippen molar-refractivity contribution < 1.29 is 14.3 Å². The van der Waals surface area contributed by atoms with E-state index < -0.39 is 0 Å². The molecular weight excluding hydrogens is 273 g/mol. The number of hydrogen-bond acceptors (Lipinski definition) is 4. The molecule has 0 aliphatic rings. The van der Waals surface area contributed by atoms with E-state index in [0.29, 0.717) is 30.2 Å². The number of hydrogen-bond donors (Lipinski definition) is 3. The molecule has 21 heavy (non-hydrogen) atoms. The van der Waals surface area contributed by atoms with Crippen molar-refractivity contribution in [1.82, 2.24) is 0 Å². The van der Waals surface area contributed by atoms with Crippen molar-refractivity contribution >= 4 is 11.5 Å². The second kappa shape index (κ2) is 7.14. The fourth-order valence-corrected chi connectivity index (χ4v) is 1.74. The summed E-state index contributed by atoms with van der Waals surface area (Å²) in [6.07, 6.45) is 0. The molecule has 110 valence electrons. The Morgan fingerprint density at radius 2 is 1.90 bits per heavy atom. The van der Waals surface area contributed by atoms with Crippen molar-refractivity contribution in [2.75, 3.05) is 18.5 Å². The summed E-state index contributed by atoms with van der Waals surface area (Å²) in [5, 5.41) is 14.4. The molecule has 6 heteroatoms. The van der Waals surface area contributed by atoms with Gasteiger partial charge in [0.2, 0.25) is 0 Å². The van der Waals surface area contributed by atoms with Gasteiger partial charge in [0, 0.05) is 12.1 Å². The van der Waals surface area contributed by atoms with E-state index in [1.54, 1.807) is 42.5 Å². The predicted molar refractivity (Wildman–Crippen MR) is 79.3 cm³/mol. The minimum Gasteiger partial charge on any atom is -0.492 e. The third-order valence-electron chi connectivity index (χ3n) is 2.82. The van der Waals surface area contributed by atoms with Crippen LogP contribution in [-0.2, 0) is 0 Å². The van der Waals surface area contributed by atoms with Crippen LogP contribution in [0.25, 0.3) is 0 Å². The summed E-state index contributed by atoms with van der Waals surface area (Å²) in [4.78, 5) is 0. The Hall–Kier alpha value is -2.76. The van der Waals surface area contributed by atoms with Crippen molar-refractivity contribution in [1.29, 1.82) is 0 Å². The largest absolute Gasteiger partial charge is 0.492 e. The lowest BCUT2D eigenvalue weighted by molar-refractivity contribution is 0.318. The van der Waals surface area contributed by atoms with Gasteiger partial charge < -0.3 is 21.0 Å². The predicted octanol–water partition coefficient (Wildman–Crippen LogP) is 2.41. The molecule has 2 rings (SSSR count). The molecule has 2 aromatic rings. The minimum atomic E-state index is -0.291. The highest BCUT2D eigenvalue weighted by Gasteiger charge is 2.01. The van der Waals surface area contributed by atoms with Gasteiger partial charge >= 0.3 is 0 Å². The Bertz CT molecular complexity index is 615. The molecule has 4 N–H and O–H groups in total. The number of rotatable bonds is 6. The van der Waals surface area contributed by atoms with E-state index in [2.05, 4.69) is 10.5 Å². The number of halogens is 1. The minimum absolute atomic E-state index is 0.0442. The number of ether oxygens (including phenoxy) is 1. The molecule has 0 heterocycles. The summed E-state index contributed by atoms with van der Waals surface area (Å²) in [6, 6.07) is 13.3. The molecule has 2 aromatic carbocycles. The first kappa shape index (κ1) is 14.6. The number of nitrogens with two attached hydrogens (primary N) is 1. The first-order valence-corrected chi connectivity index (χ1v) is 6.40. The van der Waals surface area contributed by atoms with Crippen LogP contribution in [0.15, 0.2) is 53.7 Å². The lowest BCUT2D eigenvalue weighted by Gasteiger charge is -2.09. The van der Waals surface area contributed by atoms with Gasteiger partial charge in [-0.15, -0.1) is 0 Å². The van der Waals surface area contributed by atoms with Gasteiger partial charge in [-0.2, -0.15) is 0 Å². The highest BCUT2D eigenvalue weighted by Crippen LogP contribution is 2.13. The van der Waals surface area contributed by atoms with Crippen molar-refractivity contribution in [3.63, 3.8) is 0 Å². The van der Waals surface area contributed by atoms with Crippen LogP contribution in [0.5, 0.6) is 5.75 Å². The van der Waals surface area contributed by atoms with E-state index in [1.165, 1.54) is 6.07 Å². The van der Waals surface area contributed by atoms with Crippen LogP contribution >= 0.6 is 0 Å². The highest BCUT2D eigenvalue weighted by molar-refractivity contribution is 5.97. The molecule has 0 radical (unpaired) electrons. The zero-order valence-corrected chi connectivity index (χ0v) is 11.3. The summed E-state index contributed by atoms with van der Waals surface area (Å²) in [5.41, 5.74) is 6.51. The first-order valence-electron chi connectivity index (χ1n) is 6.40. The smallest absolute Gasteiger partial charge is 0.170 e. The fourth-order valence-electron chi connectivity index (χ4n) is 1.74. The number of nitrogens with one attached hydrogen (secondary N) is 1. The average Bonchev–Trinajstić information content (AvgIpc) is 2.53. The Morgan fingerprint density at radius 1 is 1.19 bits per heavy atom. The van der Waals surface area contributed by atoms with Gasteiger partial charge in [0.1, 0.15) is 18.2 Å². The van der Waals surface area contributed by atoms with Gasteiger partial charge in [0.25, 0.3) is 0 Å². The fraction of sp³-hybridized carbons (Fsp3) is 0.133. The number of benzene rings is 2. The molecule has 0 fully saturated rings. The molecular formula is C15H16FN3O2. The van der Waals surface area contributed by atoms with Gasteiger partial charge in [0.05, 0.1) is 5.69 Å². The van der Waals surface area contributed by atoms with Crippen LogP contribution in [0.2, 0.25) is 0 Å². The lowest BCUT2D eigenvalue weighted by atomic mass is 10.2. The SMILES string of the molecule is NC(=NO)c1ccc(OCCNc2ccccc2F)cc1. The quantitative estimate of drug-likeness (QED) is 0.251. The second-order valence-electron chi connectivity index (χ2n) is 4.26. The van der Waals surface area contributed by atoms with Crippen LogP contribution in [0.1, 0.15) is 5.56 Å². The van der Waals surface area contributed by atoms with Gasteiger partial charge in [-0.25, -0.2) is 4.39 Å². The van der Waals surface area contributed by atoms with Crippen LogP contribution in [0.4, 0.5) is 10.1 Å². The first-order chi connectivity index (χ1) is 10.2. The molecule has 0 aromatic heterocycles. The molecule has 0 amide bonds. The van der Waals surface area contributed by atoms with E-state index in [-0.39, 0.29) is 11.7 Å². The lowest BCUT2D eigenvalue weighted by Crippen LogP contribution is -2.14. The normalized spacial score (nSPS) is 11.2. The van der Waals surface area contributed by atoms with Gasteiger partial charge in [-0.05, 0) is 36.4 Å². The molecule has 0 unspecified atom stereocenters. The summed E-state index contributed by atoms with van der Waals surface area (Å²) in [6.45, 7) is 0.861. The molecule has 0 saturated heterocycles. The molecule has 0 spiro atoms. The maximum atomic E-state index is 13.3. The molecule has 0 bridgehead atoms. The average molecular weight is 289 g/mol. The van der Waals surface area contributed by atoms with Crippen LogP contribution in [-0.4, -0.2) is 24.2 Å². The van der Waals surface area contributed by atoms with Crippen LogP contribution in [0.3, 0.4) is 0 Å². The monoisotopic (exact) mass is 289 g/mol. The molecule has 0 aliphatic carbocycles. The summed E-state index contributed by atoms with van der Waals surface area (Å²) < 4.78 is 18.9. The number of amidine groups is 1. The van der Waals surface area contributed by atoms with Gasteiger partial charge in [-0.1, -0.05) is 17.3 Å². The van der Waals surface area contributed by atoms with Crippen molar-refractivity contribution in [3.8, 4) is 5.75 Å². The Labute approximate surface area is 121 Å². The van der Waals surface area contributed by atoms with Crippen molar-refractivity contribution in [2.24, 2.45) is 10.9 Å². The second-order valence-corrected chi connectivity index (χ2v) is 4.26. The Morgan fingerprint density at radius 3 is 2.57 bits per heavy atom. The zero-order chi connectivity index (χ0) is 15.1. The highest BCUT2D eigenvalue weighted by atomic mass is 19.1. The zero-order valence-electron chi connectivity index (χ0n) is 11.3. The summed E-state index contributed by atoms with van der Waals surface area (Å²) >= 11 is 0. The summed E-state index contributed by atoms with van der Waals surface area (Å²) in [5.74, 6) is 0.406. The number of anilines is 1. The summed E-state index contributed by atoms with van der Waals surface area (Å²) in [7, 11) is 0. The third kappa shape index (κ3) is 4.10. The molecule has 0 saturated carbocycles. The van der Waals surface area contributed by atoms with E-state index in [9.17, 15) is 4.39 Å². The van der Waals surface area contributed by atoms with Crippen molar-refractivity contribution in [3.05, 3.63) is 59.9 Å². The maximum absolute atomic E-state index is 13.3. The molecule has 5 nitrogen and oxygen atoms in total. The number of oxime groups is 1. The molecule has 0 aliphatic heterocycles. The topological polar surface area (TPSA) is 79.9 Å². The van der Waals surface area contributed by atoms with Crippen LogP contribution in [0, 0.1) is 5.82 Å². The van der Waals surface area contributed by atoms with E-state index in [4.69, 9.17) is 15.7 Å². The van der Waals surface area contributed by atoms with E-state index >= 15 is 0 Å². The number of nitrogens with zero attached hydrogens (tertiary/aromatic N) is 1. The van der Waals surface area contributed by atoms with Gasteiger partial charge in [0.15, 0.2) is 5.84 Å². The Kier molecular flexibility index (Phi) is 4.98. The van der Waals surface area contributed by atoms with Gasteiger partial charge in [-0.3, -0.25) is 0 Å².